The van der Waals surface area contributed by atoms with Crippen molar-refractivity contribution in [3.05, 3.63) is 71.9 Å². The van der Waals surface area contributed by atoms with Crippen molar-refractivity contribution < 1.29 is 9.59 Å². The van der Waals surface area contributed by atoms with Crippen molar-refractivity contribution >= 4 is 11.7 Å². The molecule has 2 heterocycles. The summed E-state index contributed by atoms with van der Waals surface area (Å²) in [6, 6.07) is 11.0. The highest BCUT2D eigenvalue weighted by Gasteiger charge is 2.18. The minimum atomic E-state index is -0.0351. The summed E-state index contributed by atoms with van der Waals surface area (Å²) >= 11 is 0. The van der Waals surface area contributed by atoms with Gasteiger partial charge < -0.3 is 9.47 Å². The Hall–Kier alpha value is -3.28. The van der Waals surface area contributed by atoms with Crippen molar-refractivity contribution in [2.75, 3.05) is 6.54 Å². The minimum Gasteiger partial charge on any atom is -0.337 e. The molecule has 0 spiro atoms. The molecule has 0 saturated carbocycles. The van der Waals surface area contributed by atoms with Gasteiger partial charge in [0, 0.05) is 48.9 Å². The van der Waals surface area contributed by atoms with Crippen LogP contribution in [0.25, 0.3) is 11.3 Å². The maximum atomic E-state index is 13.1. The summed E-state index contributed by atoms with van der Waals surface area (Å²) < 4.78 is 1.92. The maximum Gasteiger partial charge on any atom is 0.254 e. The molecule has 0 aliphatic rings. The summed E-state index contributed by atoms with van der Waals surface area (Å²) in [7, 11) is 1.92. The monoisotopic (exact) mass is 376 g/mol. The smallest absolute Gasteiger partial charge is 0.254 e. The van der Waals surface area contributed by atoms with E-state index in [2.05, 4.69) is 16.9 Å². The van der Waals surface area contributed by atoms with E-state index in [9.17, 15) is 9.59 Å². The Balaban J connectivity index is 1.85. The number of hydrogen-bond acceptors (Lipinski definition) is 4. The fourth-order valence-corrected chi connectivity index (χ4v) is 3.01. The average Bonchev–Trinajstić information content (AvgIpc) is 3.12. The standard InChI is InChI=1S/C22H24N4O2/c1-4-11-26(15-21-23-10-12-25(21)3)22(28)18-7-5-6-17(13-18)20-9-8-19(14-24-20)16(2)27/h5-10,12-14H,4,11,15H2,1-3H3. The number of carbonyl (C=O) groups is 2. The molecule has 3 rings (SSSR count). The Morgan fingerprint density at radius 3 is 2.54 bits per heavy atom. The van der Waals surface area contributed by atoms with Crippen LogP contribution in [0.2, 0.25) is 0 Å². The second kappa shape index (κ2) is 8.61. The van der Waals surface area contributed by atoms with Gasteiger partial charge in [-0.1, -0.05) is 19.1 Å². The lowest BCUT2D eigenvalue weighted by molar-refractivity contribution is 0.0737. The molecular formula is C22H24N4O2. The fraction of sp³-hybridized carbons (Fsp3) is 0.273. The molecule has 0 aliphatic carbocycles. The van der Waals surface area contributed by atoms with E-state index >= 15 is 0 Å². The summed E-state index contributed by atoms with van der Waals surface area (Å²) in [5, 5.41) is 0. The normalized spacial score (nSPS) is 10.7. The molecule has 1 amide bonds. The van der Waals surface area contributed by atoms with E-state index in [-0.39, 0.29) is 11.7 Å². The van der Waals surface area contributed by atoms with Gasteiger partial charge in [-0.2, -0.15) is 0 Å². The summed E-state index contributed by atoms with van der Waals surface area (Å²) in [6.07, 6.45) is 6.04. The van der Waals surface area contributed by atoms with Crippen molar-refractivity contribution in [1.82, 2.24) is 19.4 Å². The van der Waals surface area contributed by atoms with Gasteiger partial charge >= 0.3 is 0 Å². The first-order valence-electron chi connectivity index (χ1n) is 9.32. The lowest BCUT2D eigenvalue weighted by Crippen LogP contribution is -2.32. The zero-order chi connectivity index (χ0) is 20.1. The van der Waals surface area contributed by atoms with E-state index < -0.39 is 0 Å². The zero-order valence-corrected chi connectivity index (χ0v) is 16.4. The molecule has 0 aliphatic heterocycles. The number of rotatable bonds is 7. The van der Waals surface area contributed by atoms with Gasteiger partial charge in [0.25, 0.3) is 5.91 Å². The quantitative estimate of drug-likeness (QED) is 0.589. The third kappa shape index (κ3) is 4.34. The van der Waals surface area contributed by atoms with E-state index in [0.29, 0.717) is 24.2 Å². The van der Waals surface area contributed by atoms with E-state index in [1.807, 2.05) is 47.0 Å². The predicted molar refractivity (Wildman–Crippen MR) is 108 cm³/mol. The van der Waals surface area contributed by atoms with E-state index in [1.165, 1.54) is 6.92 Å². The van der Waals surface area contributed by atoms with Crippen LogP contribution in [0.1, 0.15) is 46.8 Å². The Labute approximate surface area is 164 Å². The highest BCUT2D eigenvalue weighted by molar-refractivity contribution is 5.96. The van der Waals surface area contributed by atoms with Crippen LogP contribution in [0, 0.1) is 0 Å². The molecular weight excluding hydrogens is 352 g/mol. The maximum absolute atomic E-state index is 13.1. The third-order valence-corrected chi connectivity index (χ3v) is 4.61. The van der Waals surface area contributed by atoms with Crippen LogP contribution in [-0.4, -0.2) is 37.7 Å². The molecule has 28 heavy (non-hydrogen) atoms. The fourth-order valence-electron chi connectivity index (χ4n) is 3.01. The summed E-state index contributed by atoms with van der Waals surface area (Å²) in [5.41, 5.74) is 2.75. The molecule has 1 aromatic carbocycles. The Morgan fingerprint density at radius 2 is 1.93 bits per heavy atom. The van der Waals surface area contributed by atoms with Gasteiger partial charge in [0.15, 0.2) is 5.78 Å². The minimum absolute atomic E-state index is 0.0209. The lowest BCUT2D eigenvalue weighted by Gasteiger charge is -2.22. The number of aryl methyl sites for hydroxylation is 1. The molecule has 0 bridgehead atoms. The second-order valence-electron chi connectivity index (χ2n) is 6.75. The topological polar surface area (TPSA) is 68.1 Å². The molecule has 2 aromatic heterocycles. The Bertz CT molecular complexity index is 976. The molecule has 0 N–H and O–H groups in total. The summed E-state index contributed by atoms with van der Waals surface area (Å²) in [5.74, 6) is 0.791. The number of benzene rings is 1. The number of carbonyl (C=O) groups excluding carboxylic acids is 2. The van der Waals surface area contributed by atoms with Crippen molar-refractivity contribution in [2.45, 2.75) is 26.8 Å². The number of amides is 1. The van der Waals surface area contributed by atoms with Crippen LogP contribution < -0.4 is 0 Å². The molecule has 0 fully saturated rings. The van der Waals surface area contributed by atoms with Gasteiger partial charge in [-0.3, -0.25) is 14.6 Å². The zero-order valence-electron chi connectivity index (χ0n) is 16.4. The van der Waals surface area contributed by atoms with Crippen LogP contribution in [-0.2, 0) is 13.6 Å². The first kappa shape index (κ1) is 19.5. The number of Topliss-reactive ketones (excluding diaryl/α,β-unsaturated/α-hetero) is 1. The number of pyridine rings is 1. The third-order valence-electron chi connectivity index (χ3n) is 4.61. The van der Waals surface area contributed by atoms with Crippen LogP contribution >= 0.6 is 0 Å². The Kier molecular flexibility index (Phi) is 5.99. The van der Waals surface area contributed by atoms with Gasteiger partial charge in [0.1, 0.15) is 5.82 Å². The number of imidazole rings is 1. The van der Waals surface area contributed by atoms with E-state index in [0.717, 1.165) is 23.5 Å². The summed E-state index contributed by atoms with van der Waals surface area (Å²) in [4.78, 5) is 35.1. The first-order valence-corrected chi connectivity index (χ1v) is 9.32. The Morgan fingerprint density at radius 1 is 1.11 bits per heavy atom. The van der Waals surface area contributed by atoms with Crippen molar-refractivity contribution in [3.8, 4) is 11.3 Å². The van der Waals surface area contributed by atoms with Crippen molar-refractivity contribution in [1.29, 1.82) is 0 Å². The first-order chi connectivity index (χ1) is 13.5. The number of ketones is 1. The average molecular weight is 376 g/mol. The molecule has 6 heteroatoms. The molecule has 3 aromatic rings. The predicted octanol–water partition coefficient (Wildman–Crippen LogP) is 3.74. The molecule has 0 unspecified atom stereocenters. The van der Waals surface area contributed by atoms with Gasteiger partial charge in [-0.05, 0) is 37.6 Å². The van der Waals surface area contributed by atoms with Gasteiger partial charge in [0.05, 0.1) is 12.2 Å². The van der Waals surface area contributed by atoms with E-state index in [4.69, 9.17) is 0 Å². The van der Waals surface area contributed by atoms with Gasteiger partial charge in [0.2, 0.25) is 0 Å². The largest absolute Gasteiger partial charge is 0.337 e. The van der Waals surface area contributed by atoms with E-state index in [1.54, 1.807) is 24.5 Å². The highest BCUT2D eigenvalue weighted by Crippen LogP contribution is 2.20. The molecule has 0 saturated heterocycles. The van der Waals surface area contributed by atoms with Gasteiger partial charge in [-0.25, -0.2) is 4.98 Å². The van der Waals surface area contributed by atoms with Crippen LogP contribution in [0.5, 0.6) is 0 Å². The molecule has 0 atom stereocenters. The molecule has 0 radical (unpaired) electrons. The van der Waals surface area contributed by atoms with Crippen molar-refractivity contribution in [3.63, 3.8) is 0 Å². The van der Waals surface area contributed by atoms with Crippen LogP contribution in [0.15, 0.2) is 55.0 Å². The number of aromatic nitrogens is 3. The number of nitrogens with zero attached hydrogens (tertiary/aromatic N) is 4. The second-order valence-corrected chi connectivity index (χ2v) is 6.75. The van der Waals surface area contributed by atoms with Crippen molar-refractivity contribution in [2.24, 2.45) is 7.05 Å². The highest BCUT2D eigenvalue weighted by atomic mass is 16.2. The molecule has 144 valence electrons. The SMILES string of the molecule is CCCN(Cc1nccn1C)C(=O)c1cccc(-c2ccc(C(C)=O)cn2)c1. The van der Waals surface area contributed by atoms with Crippen LogP contribution in [0.3, 0.4) is 0 Å². The van der Waals surface area contributed by atoms with Gasteiger partial charge in [-0.15, -0.1) is 0 Å². The summed E-state index contributed by atoms with van der Waals surface area (Å²) in [6.45, 7) is 4.68. The lowest BCUT2D eigenvalue weighted by atomic mass is 10.1. The number of hydrogen-bond donors (Lipinski definition) is 0. The van der Waals surface area contributed by atoms with Crippen LogP contribution in [0.4, 0.5) is 0 Å². The molecule has 6 nitrogen and oxygen atoms in total.